The lowest BCUT2D eigenvalue weighted by Crippen LogP contribution is -2.26. The monoisotopic (exact) mass is 233 g/mol. The van der Waals surface area contributed by atoms with Crippen LogP contribution in [0.3, 0.4) is 0 Å². The molecule has 1 aromatic carbocycles. The summed E-state index contributed by atoms with van der Waals surface area (Å²) in [5.74, 6) is 0.755. The lowest BCUT2D eigenvalue weighted by atomic mass is 9.97. The molecule has 0 saturated carbocycles. The topological polar surface area (TPSA) is 20.3 Å². The molecule has 0 aliphatic heterocycles. The van der Waals surface area contributed by atoms with E-state index in [0.29, 0.717) is 5.92 Å². The molecule has 0 fully saturated rings. The van der Waals surface area contributed by atoms with Gasteiger partial charge in [-0.05, 0) is 29.9 Å². The van der Waals surface area contributed by atoms with Crippen LogP contribution in [0.15, 0.2) is 24.3 Å². The maximum atomic E-state index is 11.1. The lowest BCUT2D eigenvalue weighted by Gasteiger charge is -2.15. The predicted octanol–water partition coefficient (Wildman–Crippen LogP) is 3.22. The van der Waals surface area contributed by atoms with Gasteiger partial charge in [0, 0.05) is 20.5 Å². The molecule has 0 radical (unpaired) electrons. The normalized spacial score (nSPS) is 12.2. The Morgan fingerprint density at radius 2 is 1.88 bits per heavy atom. The number of rotatable bonds is 5. The summed E-state index contributed by atoms with van der Waals surface area (Å²) in [5, 5.41) is 0. The molecule has 0 spiro atoms. The molecular weight excluding hydrogens is 210 g/mol. The second kappa shape index (κ2) is 6.43. The van der Waals surface area contributed by atoms with Gasteiger partial charge in [0.15, 0.2) is 0 Å². The van der Waals surface area contributed by atoms with Gasteiger partial charge in [-0.3, -0.25) is 4.79 Å². The Balaban J connectivity index is 2.54. The maximum Gasteiger partial charge on any atom is 0.219 e. The standard InChI is InChI=1S/C15H23NO/c1-5-12(2)15-8-6-14(7-9-15)10-11-16(4)13(3)17/h6-9,12H,5,10-11H2,1-4H3. The first kappa shape index (κ1) is 13.8. The van der Waals surface area contributed by atoms with Gasteiger partial charge in [0.25, 0.3) is 0 Å². The summed E-state index contributed by atoms with van der Waals surface area (Å²) < 4.78 is 0. The Kier molecular flexibility index (Phi) is 5.20. The van der Waals surface area contributed by atoms with Crippen molar-refractivity contribution < 1.29 is 4.79 Å². The molecule has 0 aliphatic carbocycles. The number of carbonyl (C=O) groups is 1. The van der Waals surface area contributed by atoms with Crippen molar-refractivity contribution >= 4 is 5.91 Å². The second-order valence-corrected chi connectivity index (χ2v) is 4.74. The third-order valence-corrected chi connectivity index (χ3v) is 3.43. The predicted molar refractivity (Wildman–Crippen MR) is 72.2 cm³/mol. The number of amides is 1. The van der Waals surface area contributed by atoms with Gasteiger partial charge in [0.05, 0.1) is 0 Å². The van der Waals surface area contributed by atoms with E-state index < -0.39 is 0 Å². The molecule has 0 saturated heterocycles. The molecule has 1 unspecified atom stereocenters. The summed E-state index contributed by atoms with van der Waals surface area (Å²) in [7, 11) is 1.84. The summed E-state index contributed by atoms with van der Waals surface area (Å²) in [4.78, 5) is 12.8. The van der Waals surface area contributed by atoms with Gasteiger partial charge in [-0.25, -0.2) is 0 Å². The fraction of sp³-hybridized carbons (Fsp3) is 0.533. The van der Waals surface area contributed by atoms with Gasteiger partial charge < -0.3 is 4.90 Å². The molecule has 0 N–H and O–H groups in total. The van der Waals surface area contributed by atoms with Gasteiger partial charge in [-0.1, -0.05) is 38.1 Å². The van der Waals surface area contributed by atoms with E-state index in [-0.39, 0.29) is 5.91 Å². The van der Waals surface area contributed by atoms with Crippen LogP contribution < -0.4 is 0 Å². The van der Waals surface area contributed by atoms with E-state index in [9.17, 15) is 4.79 Å². The number of hydrogen-bond acceptors (Lipinski definition) is 1. The minimum absolute atomic E-state index is 0.126. The molecule has 1 rings (SSSR count). The van der Waals surface area contributed by atoms with E-state index in [2.05, 4.69) is 38.1 Å². The number of benzene rings is 1. The fourth-order valence-corrected chi connectivity index (χ4v) is 1.70. The van der Waals surface area contributed by atoms with Crippen molar-refractivity contribution in [3.05, 3.63) is 35.4 Å². The van der Waals surface area contributed by atoms with Crippen molar-refractivity contribution in [2.24, 2.45) is 0 Å². The van der Waals surface area contributed by atoms with Crippen molar-refractivity contribution in [3.63, 3.8) is 0 Å². The van der Waals surface area contributed by atoms with E-state index in [1.54, 1.807) is 11.8 Å². The van der Waals surface area contributed by atoms with Crippen LogP contribution >= 0.6 is 0 Å². The van der Waals surface area contributed by atoms with Crippen molar-refractivity contribution in [2.45, 2.75) is 39.5 Å². The molecule has 0 aliphatic rings. The highest BCUT2D eigenvalue weighted by Gasteiger charge is 2.04. The molecule has 0 bridgehead atoms. The van der Waals surface area contributed by atoms with Gasteiger partial charge in [0.1, 0.15) is 0 Å². The van der Waals surface area contributed by atoms with E-state index >= 15 is 0 Å². The van der Waals surface area contributed by atoms with Crippen LogP contribution in [-0.4, -0.2) is 24.4 Å². The van der Waals surface area contributed by atoms with E-state index in [0.717, 1.165) is 13.0 Å². The number of nitrogens with zero attached hydrogens (tertiary/aromatic N) is 1. The highest BCUT2D eigenvalue weighted by Crippen LogP contribution is 2.18. The van der Waals surface area contributed by atoms with Gasteiger partial charge >= 0.3 is 0 Å². The van der Waals surface area contributed by atoms with E-state index in [4.69, 9.17) is 0 Å². The zero-order valence-corrected chi connectivity index (χ0v) is 11.4. The first-order chi connectivity index (χ1) is 8.04. The number of hydrogen-bond donors (Lipinski definition) is 0. The number of carbonyl (C=O) groups excluding carboxylic acids is 1. The molecule has 17 heavy (non-hydrogen) atoms. The van der Waals surface area contributed by atoms with Gasteiger partial charge in [0.2, 0.25) is 5.91 Å². The summed E-state index contributed by atoms with van der Waals surface area (Å²) in [6.45, 7) is 6.85. The Labute approximate surface area is 105 Å². The quantitative estimate of drug-likeness (QED) is 0.764. The fourth-order valence-electron chi connectivity index (χ4n) is 1.70. The van der Waals surface area contributed by atoms with Crippen LogP contribution in [0.1, 0.15) is 44.2 Å². The third kappa shape index (κ3) is 4.22. The van der Waals surface area contributed by atoms with Crippen molar-refractivity contribution in [2.75, 3.05) is 13.6 Å². The minimum atomic E-state index is 0.126. The highest BCUT2D eigenvalue weighted by atomic mass is 16.2. The van der Waals surface area contributed by atoms with Gasteiger partial charge in [-0.15, -0.1) is 0 Å². The Morgan fingerprint density at radius 1 is 1.29 bits per heavy atom. The molecular formula is C15H23NO. The smallest absolute Gasteiger partial charge is 0.219 e. The summed E-state index contributed by atoms with van der Waals surface area (Å²) in [6.07, 6.45) is 2.10. The largest absolute Gasteiger partial charge is 0.346 e. The molecule has 1 amide bonds. The van der Waals surface area contributed by atoms with Crippen LogP contribution in [0.2, 0.25) is 0 Å². The van der Waals surface area contributed by atoms with Crippen LogP contribution in [0, 0.1) is 0 Å². The Hall–Kier alpha value is -1.31. The molecule has 94 valence electrons. The summed E-state index contributed by atoms with van der Waals surface area (Å²) in [5.41, 5.74) is 2.70. The lowest BCUT2D eigenvalue weighted by molar-refractivity contribution is -0.127. The molecule has 1 atom stereocenters. The van der Waals surface area contributed by atoms with Crippen molar-refractivity contribution in [1.82, 2.24) is 4.90 Å². The van der Waals surface area contributed by atoms with Crippen LogP contribution in [0.25, 0.3) is 0 Å². The molecule has 2 nitrogen and oxygen atoms in total. The van der Waals surface area contributed by atoms with Crippen LogP contribution in [0.5, 0.6) is 0 Å². The summed E-state index contributed by atoms with van der Waals surface area (Å²) >= 11 is 0. The zero-order valence-electron chi connectivity index (χ0n) is 11.4. The molecule has 1 aromatic rings. The second-order valence-electron chi connectivity index (χ2n) is 4.74. The number of likely N-dealkylation sites (N-methyl/N-ethyl adjacent to an activating group) is 1. The van der Waals surface area contributed by atoms with Gasteiger partial charge in [-0.2, -0.15) is 0 Å². The van der Waals surface area contributed by atoms with Crippen molar-refractivity contribution in [1.29, 1.82) is 0 Å². The van der Waals surface area contributed by atoms with E-state index in [1.165, 1.54) is 17.5 Å². The van der Waals surface area contributed by atoms with Crippen LogP contribution in [0.4, 0.5) is 0 Å². The summed E-state index contributed by atoms with van der Waals surface area (Å²) in [6, 6.07) is 8.76. The average molecular weight is 233 g/mol. The Bertz CT molecular complexity index is 356. The average Bonchev–Trinajstić information content (AvgIpc) is 2.35. The van der Waals surface area contributed by atoms with Crippen LogP contribution in [-0.2, 0) is 11.2 Å². The minimum Gasteiger partial charge on any atom is -0.346 e. The zero-order chi connectivity index (χ0) is 12.8. The molecule has 2 heteroatoms. The van der Waals surface area contributed by atoms with Crippen molar-refractivity contribution in [3.8, 4) is 0 Å². The SMILES string of the molecule is CCC(C)c1ccc(CCN(C)C(C)=O)cc1. The van der Waals surface area contributed by atoms with E-state index in [1.807, 2.05) is 7.05 Å². The highest BCUT2D eigenvalue weighted by molar-refractivity contribution is 5.72. The first-order valence-corrected chi connectivity index (χ1v) is 6.35. The Morgan fingerprint density at radius 3 is 2.35 bits per heavy atom. The maximum absolute atomic E-state index is 11.1. The molecule has 0 heterocycles. The first-order valence-electron chi connectivity index (χ1n) is 6.35. The third-order valence-electron chi connectivity index (χ3n) is 3.43. The molecule has 0 aromatic heterocycles.